The number of fused-ring (bicyclic) bond motifs is 1. The summed E-state index contributed by atoms with van der Waals surface area (Å²) in [5, 5.41) is 0. The van der Waals surface area contributed by atoms with E-state index in [1.54, 1.807) is 11.0 Å². The van der Waals surface area contributed by atoms with Crippen LogP contribution >= 0.6 is 0 Å². The summed E-state index contributed by atoms with van der Waals surface area (Å²) in [5.74, 6) is 0.515. The summed E-state index contributed by atoms with van der Waals surface area (Å²) in [4.78, 5) is 13.9. The van der Waals surface area contributed by atoms with Crippen molar-refractivity contribution in [2.24, 2.45) is 5.92 Å². The second-order valence-corrected chi connectivity index (χ2v) is 4.58. The van der Waals surface area contributed by atoms with Gasteiger partial charge in [0.25, 0.3) is 0 Å². The van der Waals surface area contributed by atoms with Gasteiger partial charge in [0.05, 0.1) is 12.2 Å². The average molecular weight is 235 g/mol. The lowest BCUT2D eigenvalue weighted by molar-refractivity contribution is -0.124. The monoisotopic (exact) mass is 235 g/mol. The van der Waals surface area contributed by atoms with Crippen LogP contribution in [0.3, 0.4) is 0 Å². The first-order valence-electron chi connectivity index (χ1n) is 5.99. The third-order valence-corrected chi connectivity index (χ3v) is 3.50. The van der Waals surface area contributed by atoms with E-state index in [1.807, 2.05) is 0 Å². The Hall–Kier alpha value is -1.58. The summed E-state index contributed by atoms with van der Waals surface area (Å²) in [5.41, 5.74) is 0.577. The molecule has 1 heterocycles. The van der Waals surface area contributed by atoms with Crippen LogP contribution in [-0.4, -0.2) is 19.1 Å². The third-order valence-electron chi connectivity index (χ3n) is 3.50. The first-order valence-corrected chi connectivity index (χ1v) is 5.99. The van der Waals surface area contributed by atoms with Crippen molar-refractivity contribution in [3.63, 3.8) is 0 Å². The molecule has 1 aliphatic carbocycles. The van der Waals surface area contributed by atoms with Gasteiger partial charge >= 0.3 is 0 Å². The van der Waals surface area contributed by atoms with Gasteiger partial charge in [0.15, 0.2) is 0 Å². The molecule has 1 aliphatic heterocycles. The lowest BCUT2D eigenvalue weighted by Gasteiger charge is -2.35. The van der Waals surface area contributed by atoms with Crippen molar-refractivity contribution >= 4 is 11.6 Å². The predicted octanol–water partition coefficient (Wildman–Crippen LogP) is 2.35. The van der Waals surface area contributed by atoms with Gasteiger partial charge in [-0.25, -0.2) is 4.39 Å². The molecule has 4 heteroatoms. The van der Waals surface area contributed by atoms with E-state index < -0.39 is 0 Å². The molecular weight excluding hydrogens is 221 g/mol. The maximum atomic E-state index is 13.2. The van der Waals surface area contributed by atoms with Gasteiger partial charge in [-0.2, -0.15) is 0 Å². The number of ether oxygens (including phenoxy) is 1. The number of hydrogen-bond acceptors (Lipinski definition) is 2. The van der Waals surface area contributed by atoms with Crippen LogP contribution in [0.1, 0.15) is 19.3 Å². The Balaban J connectivity index is 1.92. The Bertz CT molecular complexity index is 457. The average Bonchev–Trinajstić information content (AvgIpc) is 2.25. The number of rotatable bonds is 1. The molecule has 0 radical (unpaired) electrons. The molecule has 1 amide bonds. The Morgan fingerprint density at radius 2 is 2.24 bits per heavy atom. The SMILES string of the molecule is O=C(C1CCC1)N1CCOc2ccc(F)cc21. The second kappa shape index (κ2) is 4.02. The van der Waals surface area contributed by atoms with Gasteiger partial charge in [0.2, 0.25) is 5.91 Å². The lowest BCUT2D eigenvalue weighted by Crippen LogP contribution is -2.43. The van der Waals surface area contributed by atoms with E-state index in [1.165, 1.54) is 12.1 Å². The van der Waals surface area contributed by atoms with Crippen LogP contribution in [0.2, 0.25) is 0 Å². The molecule has 0 N–H and O–H groups in total. The highest BCUT2D eigenvalue weighted by Crippen LogP contribution is 2.36. The van der Waals surface area contributed by atoms with E-state index in [0.717, 1.165) is 19.3 Å². The first kappa shape index (κ1) is 10.6. The molecular formula is C13H14FNO2. The number of halogens is 1. The summed E-state index contributed by atoms with van der Waals surface area (Å²) in [6.45, 7) is 1.00. The van der Waals surface area contributed by atoms with Gasteiger partial charge in [-0.15, -0.1) is 0 Å². The molecule has 90 valence electrons. The molecule has 0 unspecified atom stereocenters. The molecule has 0 saturated heterocycles. The van der Waals surface area contributed by atoms with Crippen LogP contribution in [-0.2, 0) is 4.79 Å². The summed E-state index contributed by atoms with van der Waals surface area (Å²) in [6.07, 6.45) is 3.04. The Morgan fingerprint density at radius 3 is 2.94 bits per heavy atom. The van der Waals surface area contributed by atoms with Gasteiger partial charge in [-0.3, -0.25) is 4.79 Å². The molecule has 3 rings (SSSR count). The Labute approximate surface area is 99.2 Å². The summed E-state index contributed by atoms with van der Waals surface area (Å²) < 4.78 is 18.7. The normalized spacial score (nSPS) is 19.2. The zero-order valence-corrected chi connectivity index (χ0v) is 9.49. The number of carbonyl (C=O) groups excluding carboxylic acids is 1. The maximum Gasteiger partial charge on any atom is 0.230 e. The highest BCUT2D eigenvalue weighted by atomic mass is 19.1. The minimum absolute atomic E-state index is 0.117. The van der Waals surface area contributed by atoms with Crippen molar-refractivity contribution in [3.05, 3.63) is 24.0 Å². The van der Waals surface area contributed by atoms with Gasteiger partial charge in [0.1, 0.15) is 18.2 Å². The quantitative estimate of drug-likeness (QED) is 0.747. The standard InChI is InChI=1S/C13H14FNO2/c14-10-4-5-12-11(8-10)15(6-7-17-12)13(16)9-2-1-3-9/h4-5,8-9H,1-3,6-7H2. The Kier molecular flexibility index (Phi) is 2.50. The molecule has 0 atom stereocenters. The maximum absolute atomic E-state index is 13.2. The van der Waals surface area contributed by atoms with Gasteiger partial charge in [-0.1, -0.05) is 6.42 Å². The number of amides is 1. The van der Waals surface area contributed by atoms with Crippen LogP contribution in [0.5, 0.6) is 5.75 Å². The minimum Gasteiger partial charge on any atom is -0.490 e. The Morgan fingerprint density at radius 1 is 1.41 bits per heavy atom. The molecule has 0 aromatic heterocycles. The van der Waals surface area contributed by atoms with Crippen LogP contribution in [0, 0.1) is 11.7 Å². The lowest BCUT2D eigenvalue weighted by atomic mass is 9.84. The largest absolute Gasteiger partial charge is 0.490 e. The van der Waals surface area contributed by atoms with Crippen LogP contribution in [0.25, 0.3) is 0 Å². The summed E-state index contributed by atoms with van der Waals surface area (Å²) in [7, 11) is 0. The van der Waals surface area contributed by atoms with Gasteiger partial charge < -0.3 is 9.64 Å². The number of benzene rings is 1. The topological polar surface area (TPSA) is 29.5 Å². The van der Waals surface area contributed by atoms with Crippen LogP contribution in [0.4, 0.5) is 10.1 Å². The third kappa shape index (κ3) is 1.77. The highest BCUT2D eigenvalue weighted by Gasteiger charge is 2.32. The van der Waals surface area contributed by atoms with E-state index in [2.05, 4.69) is 0 Å². The molecule has 0 spiro atoms. The van der Waals surface area contributed by atoms with Crippen molar-refractivity contribution in [1.82, 2.24) is 0 Å². The first-order chi connectivity index (χ1) is 8.25. The molecule has 1 aromatic rings. The molecule has 1 saturated carbocycles. The molecule has 1 fully saturated rings. The fraction of sp³-hybridized carbons (Fsp3) is 0.462. The minimum atomic E-state index is -0.333. The van der Waals surface area contributed by atoms with Crippen molar-refractivity contribution in [2.75, 3.05) is 18.1 Å². The molecule has 1 aromatic carbocycles. The summed E-state index contributed by atoms with van der Waals surface area (Å²) >= 11 is 0. The summed E-state index contributed by atoms with van der Waals surface area (Å²) in [6, 6.07) is 4.33. The van der Waals surface area contributed by atoms with Crippen molar-refractivity contribution < 1.29 is 13.9 Å². The van der Waals surface area contributed by atoms with Gasteiger partial charge in [-0.05, 0) is 25.0 Å². The number of hydrogen-bond donors (Lipinski definition) is 0. The van der Waals surface area contributed by atoms with Crippen molar-refractivity contribution in [1.29, 1.82) is 0 Å². The van der Waals surface area contributed by atoms with Crippen LogP contribution in [0.15, 0.2) is 18.2 Å². The van der Waals surface area contributed by atoms with Gasteiger partial charge in [0, 0.05) is 12.0 Å². The van der Waals surface area contributed by atoms with Crippen LogP contribution < -0.4 is 9.64 Å². The fourth-order valence-corrected chi connectivity index (χ4v) is 2.30. The highest BCUT2D eigenvalue weighted by molar-refractivity contribution is 5.97. The zero-order valence-electron chi connectivity index (χ0n) is 9.49. The van der Waals surface area contributed by atoms with E-state index in [9.17, 15) is 9.18 Å². The molecule has 3 nitrogen and oxygen atoms in total. The van der Waals surface area contributed by atoms with Crippen molar-refractivity contribution in [3.8, 4) is 5.75 Å². The zero-order chi connectivity index (χ0) is 11.8. The number of nitrogens with zero attached hydrogens (tertiary/aromatic N) is 1. The van der Waals surface area contributed by atoms with E-state index in [-0.39, 0.29) is 17.6 Å². The molecule has 0 bridgehead atoms. The molecule has 2 aliphatic rings. The van der Waals surface area contributed by atoms with Crippen molar-refractivity contribution in [2.45, 2.75) is 19.3 Å². The smallest absolute Gasteiger partial charge is 0.230 e. The number of anilines is 1. The fourth-order valence-electron chi connectivity index (χ4n) is 2.30. The van der Waals surface area contributed by atoms with E-state index >= 15 is 0 Å². The number of carbonyl (C=O) groups is 1. The second-order valence-electron chi connectivity index (χ2n) is 4.58. The predicted molar refractivity (Wildman–Crippen MR) is 61.6 cm³/mol. The molecule has 17 heavy (non-hydrogen) atoms. The van der Waals surface area contributed by atoms with E-state index in [0.29, 0.717) is 24.6 Å². The van der Waals surface area contributed by atoms with E-state index in [4.69, 9.17) is 4.74 Å².